The molecule has 0 aromatic rings. The highest BCUT2D eigenvalue weighted by Gasteiger charge is 2.36. The largest absolute Gasteiger partial charge is 0.462 e. The van der Waals surface area contributed by atoms with Crippen LogP contribution in [0, 0.1) is 5.92 Å². The Morgan fingerprint density at radius 2 is 1.20 bits per heavy atom. The number of hydrogen-bond donors (Lipinski definition) is 1. The fraction of sp³-hybridized carbons (Fsp3) is 0.814. The zero-order valence-corrected chi connectivity index (χ0v) is 32.1. The summed E-state index contributed by atoms with van der Waals surface area (Å²) in [6, 6.07) is 0. The summed E-state index contributed by atoms with van der Waals surface area (Å²) in [5.74, 6) is 0.189. The number of carbonyl (C=O) groups is 2. The summed E-state index contributed by atoms with van der Waals surface area (Å²) in [7, 11) is 0. The molecule has 1 aliphatic rings. The molecule has 2 unspecified atom stereocenters. The molecule has 0 amide bonds. The van der Waals surface area contributed by atoms with Crippen molar-refractivity contribution in [2.75, 3.05) is 13.2 Å². The van der Waals surface area contributed by atoms with Crippen molar-refractivity contribution in [1.82, 2.24) is 0 Å². The molecule has 284 valence electrons. The number of hydrogen-bond acceptors (Lipinski definition) is 6. The van der Waals surface area contributed by atoms with Gasteiger partial charge in [0.15, 0.2) is 6.10 Å². The molecule has 6 nitrogen and oxygen atoms in total. The number of aliphatic hydroxyl groups is 1. The van der Waals surface area contributed by atoms with E-state index < -0.39 is 6.10 Å². The van der Waals surface area contributed by atoms with Crippen molar-refractivity contribution in [3.8, 4) is 0 Å². The average Bonchev–Trinajstić information content (AvgIpc) is 3.84. The molecule has 0 spiro atoms. The Bertz CT molecular complexity index is 862. The average molecular weight is 689 g/mol. The van der Waals surface area contributed by atoms with Crippen molar-refractivity contribution in [2.24, 2.45) is 5.92 Å². The molecule has 0 radical (unpaired) electrons. The Hall–Kier alpha value is -1.92. The van der Waals surface area contributed by atoms with Crippen LogP contribution in [0.5, 0.6) is 0 Å². The molecule has 1 rings (SSSR count). The lowest BCUT2D eigenvalue weighted by atomic mass is 10.0. The molecule has 1 saturated heterocycles. The van der Waals surface area contributed by atoms with Gasteiger partial charge in [-0.2, -0.15) is 0 Å². The van der Waals surface area contributed by atoms with Gasteiger partial charge in [0.25, 0.3) is 0 Å². The van der Waals surface area contributed by atoms with Gasteiger partial charge < -0.3 is 19.3 Å². The van der Waals surface area contributed by atoms with E-state index in [1.807, 2.05) is 0 Å². The highest BCUT2D eigenvalue weighted by atomic mass is 16.6. The smallest absolute Gasteiger partial charge is 0.306 e. The molecule has 1 aliphatic heterocycles. The van der Waals surface area contributed by atoms with Crippen LogP contribution < -0.4 is 0 Å². The first-order valence-corrected chi connectivity index (χ1v) is 20.5. The lowest BCUT2D eigenvalue weighted by Gasteiger charge is -2.15. The quantitative estimate of drug-likeness (QED) is 0.0309. The van der Waals surface area contributed by atoms with Crippen LogP contribution in [-0.4, -0.2) is 48.6 Å². The number of epoxide rings is 1. The zero-order valence-electron chi connectivity index (χ0n) is 32.1. The van der Waals surface area contributed by atoms with Crippen LogP contribution in [0.1, 0.15) is 188 Å². The first-order valence-electron chi connectivity index (χ1n) is 20.5. The molecule has 0 saturated carbocycles. The molecular formula is C43H76O6. The number of carbonyl (C=O) groups excluding carboxylic acids is 2. The third kappa shape index (κ3) is 30.6. The van der Waals surface area contributed by atoms with E-state index in [1.165, 1.54) is 103 Å². The first-order chi connectivity index (χ1) is 24.0. The number of ether oxygens (including phenoxy) is 3. The second-order valence-electron chi connectivity index (χ2n) is 14.6. The molecule has 49 heavy (non-hydrogen) atoms. The van der Waals surface area contributed by atoms with Crippen LogP contribution >= 0.6 is 0 Å². The van der Waals surface area contributed by atoms with Gasteiger partial charge in [-0.25, -0.2) is 0 Å². The number of unbranched alkanes of at least 4 members (excludes halogenated alkanes) is 16. The van der Waals surface area contributed by atoms with Gasteiger partial charge in [0.2, 0.25) is 0 Å². The summed E-state index contributed by atoms with van der Waals surface area (Å²) in [5.41, 5.74) is 0. The highest BCUT2D eigenvalue weighted by Crippen LogP contribution is 2.30. The topological polar surface area (TPSA) is 85.4 Å². The normalized spacial score (nSPS) is 16.8. The van der Waals surface area contributed by atoms with Crippen molar-refractivity contribution in [2.45, 2.75) is 206 Å². The van der Waals surface area contributed by atoms with Gasteiger partial charge in [0.05, 0.1) is 18.8 Å². The van der Waals surface area contributed by atoms with Gasteiger partial charge in [-0.1, -0.05) is 166 Å². The lowest BCUT2D eigenvalue weighted by Crippen LogP contribution is -2.28. The monoisotopic (exact) mass is 689 g/mol. The summed E-state index contributed by atoms with van der Waals surface area (Å²) >= 11 is 0. The minimum Gasteiger partial charge on any atom is -0.462 e. The fourth-order valence-corrected chi connectivity index (χ4v) is 6.06. The van der Waals surface area contributed by atoms with Crippen molar-refractivity contribution in [3.63, 3.8) is 0 Å². The van der Waals surface area contributed by atoms with E-state index in [4.69, 9.17) is 14.2 Å². The van der Waals surface area contributed by atoms with E-state index in [2.05, 4.69) is 57.2 Å². The van der Waals surface area contributed by atoms with E-state index in [0.29, 0.717) is 31.5 Å². The molecule has 1 fully saturated rings. The van der Waals surface area contributed by atoms with Gasteiger partial charge in [-0.15, -0.1) is 0 Å². The van der Waals surface area contributed by atoms with E-state index in [1.54, 1.807) is 0 Å². The SMILES string of the molecule is CCCCCC1OC1C/C=C\C/C=C\C/C=C\CCCC(=O)OC[C@H](CO)OC(=O)CCCCCCCCCCCCCCCCC(C)C. The molecule has 0 bridgehead atoms. The minimum atomic E-state index is -0.794. The molecule has 0 aromatic heterocycles. The second-order valence-corrected chi connectivity index (χ2v) is 14.6. The first kappa shape index (κ1) is 45.1. The van der Waals surface area contributed by atoms with Crippen LogP contribution in [-0.2, 0) is 23.8 Å². The van der Waals surface area contributed by atoms with Gasteiger partial charge >= 0.3 is 11.9 Å². The van der Waals surface area contributed by atoms with E-state index in [-0.39, 0.29) is 25.2 Å². The van der Waals surface area contributed by atoms with E-state index >= 15 is 0 Å². The van der Waals surface area contributed by atoms with Crippen molar-refractivity contribution < 1.29 is 28.9 Å². The third-order valence-electron chi connectivity index (χ3n) is 9.29. The molecule has 6 heteroatoms. The van der Waals surface area contributed by atoms with Gasteiger partial charge in [0.1, 0.15) is 6.61 Å². The summed E-state index contributed by atoms with van der Waals surface area (Å²) in [4.78, 5) is 24.3. The summed E-state index contributed by atoms with van der Waals surface area (Å²) in [6.07, 6.45) is 42.4. The summed E-state index contributed by atoms with van der Waals surface area (Å²) in [6.45, 7) is 6.41. The second kappa shape index (κ2) is 33.2. The molecule has 0 aromatic carbocycles. The van der Waals surface area contributed by atoms with Gasteiger partial charge in [0, 0.05) is 12.8 Å². The number of rotatable bonds is 35. The maximum Gasteiger partial charge on any atom is 0.306 e. The molecule has 0 aliphatic carbocycles. The van der Waals surface area contributed by atoms with Crippen LogP contribution in [0.4, 0.5) is 0 Å². The standard InChI is InChI=1S/C43H76O6/c1-4-5-26-32-40-41(49-40)33-28-23-19-15-12-13-16-20-24-29-34-42(45)47-37-39(36-44)48-43(46)35-30-25-21-17-11-9-7-6-8-10-14-18-22-27-31-38(2)3/h12,15-16,20,23,28,38-41,44H,4-11,13-14,17-19,21-22,24-27,29-37H2,1-3H3/b15-12-,20-16-,28-23-/t39-,40?,41?/m0/s1. The van der Waals surface area contributed by atoms with Gasteiger partial charge in [-0.3, -0.25) is 9.59 Å². The lowest BCUT2D eigenvalue weighted by molar-refractivity contribution is -0.161. The van der Waals surface area contributed by atoms with Gasteiger partial charge in [-0.05, 0) is 50.9 Å². The molecule has 1 N–H and O–H groups in total. The maximum atomic E-state index is 12.2. The van der Waals surface area contributed by atoms with Crippen molar-refractivity contribution >= 4 is 11.9 Å². The van der Waals surface area contributed by atoms with Crippen LogP contribution in [0.25, 0.3) is 0 Å². The minimum absolute atomic E-state index is 0.0956. The predicted octanol–water partition coefficient (Wildman–Crippen LogP) is 11.7. The fourth-order valence-electron chi connectivity index (χ4n) is 6.06. The zero-order chi connectivity index (χ0) is 35.6. The Balaban J connectivity index is 1.90. The van der Waals surface area contributed by atoms with E-state index in [0.717, 1.165) is 50.9 Å². The predicted molar refractivity (Wildman–Crippen MR) is 205 cm³/mol. The maximum absolute atomic E-state index is 12.2. The summed E-state index contributed by atoms with van der Waals surface area (Å²) in [5, 5.41) is 9.56. The van der Waals surface area contributed by atoms with Crippen LogP contribution in [0.3, 0.4) is 0 Å². The Kier molecular flexibility index (Phi) is 30.6. The highest BCUT2D eigenvalue weighted by molar-refractivity contribution is 5.70. The molecular weight excluding hydrogens is 612 g/mol. The number of allylic oxidation sites excluding steroid dienone is 5. The Morgan fingerprint density at radius 3 is 1.80 bits per heavy atom. The Labute approximate surface area is 301 Å². The Morgan fingerprint density at radius 1 is 0.653 bits per heavy atom. The van der Waals surface area contributed by atoms with E-state index in [9.17, 15) is 14.7 Å². The van der Waals surface area contributed by atoms with Crippen LogP contribution in [0.2, 0.25) is 0 Å². The molecule has 1 heterocycles. The third-order valence-corrected chi connectivity index (χ3v) is 9.29. The van der Waals surface area contributed by atoms with Crippen molar-refractivity contribution in [3.05, 3.63) is 36.5 Å². The van der Waals surface area contributed by atoms with Crippen molar-refractivity contribution in [1.29, 1.82) is 0 Å². The number of aliphatic hydroxyl groups excluding tert-OH is 1. The molecule has 3 atom stereocenters. The summed E-state index contributed by atoms with van der Waals surface area (Å²) < 4.78 is 16.3. The number of esters is 2. The van der Waals surface area contributed by atoms with Crippen LogP contribution in [0.15, 0.2) is 36.5 Å².